The van der Waals surface area contributed by atoms with E-state index in [2.05, 4.69) is 27.0 Å². The molecule has 0 spiro atoms. The molecule has 0 fully saturated rings. The van der Waals surface area contributed by atoms with E-state index in [1.165, 1.54) is 0 Å². The van der Waals surface area contributed by atoms with E-state index in [1.54, 1.807) is 0 Å². The minimum atomic E-state index is -0.198. The van der Waals surface area contributed by atoms with Gasteiger partial charge in [-0.3, -0.25) is 4.79 Å². The highest BCUT2D eigenvalue weighted by Gasteiger charge is 2.29. The predicted molar refractivity (Wildman–Crippen MR) is 88.2 cm³/mol. The zero-order valence-corrected chi connectivity index (χ0v) is 13.1. The molecule has 5 nitrogen and oxygen atoms in total. The van der Waals surface area contributed by atoms with Gasteiger partial charge in [-0.25, -0.2) is 4.98 Å². The Kier molecular flexibility index (Phi) is 3.71. The second kappa shape index (κ2) is 5.67. The highest BCUT2D eigenvalue weighted by molar-refractivity contribution is 6.01. The first-order valence-electron chi connectivity index (χ1n) is 7.41. The summed E-state index contributed by atoms with van der Waals surface area (Å²) in [5, 5.41) is 3.03. The number of carbonyl (C=O) groups excluding carboxylic acids is 1. The maximum absolute atomic E-state index is 12.3. The van der Waals surface area contributed by atoms with Crippen LogP contribution in [0.2, 0.25) is 0 Å². The van der Waals surface area contributed by atoms with Gasteiger partial charge in [-0.1, -0.05) is 12.1 Å². The summed E-state index contributed by atoms with van der Waals surface area (Å²) in [6.45, 7) is 2.99. The van der Waals surface area contributed by atoms with Crippen LogP contribution in [-0.4, -0.2) is 31.5 Å². The lowest BCUT2D eigenvalue weighted by atomic mass is 10.1. The van der Waals surface area contributed by atoms with Crippen LogP contribution < -0.4 is 15.1 Å². The smallest absolute Gasteiger partial charge is 0.255 e. The Morgan fingerprint density at radius 2 is 2.05 bits per heavy atom. The van der Waals surface area contributed by atoms with Crippen LogP contribution in [0.25, 0.3) is 0 Å². The molecule has 1 atom stereocenters. The number of fused-ring (bicyclic) bond motifs is 1. The summed E-state index contributed by atoms with van der Waals surface area (Å²) < 4.78 is 0. The zero-order chi connectivity index (χ0) is 15.7. The van der Waals surface area contributed by atoms with E-state index < -0.39 is 0 Å². The average Bonchev–Trinajstić information content (AvgIpc) is 2.57. The molecule has 1 aliphatic rings. The van der Waals surface area contributed by atoms with Crippen molar-refractivity contribution in [2.24, 2.45) is 0 Å². The molecule has 1 amide bonds. The molecule has 0 saturated heterocycles. The van der Waals surface area contributed by atoms with Crippen LogP contribution in [0.15, 0.2) is 42.6 Å². The quantitative estimate of drug-likeness (QED) is 0.945. The van der Waals surface area contributed by atoms with Crippen LogP contribution in [0.4, 0.5) is 11.5 Å². The summed E-state index contributed by atoms with van der Waals surface area (Å²) in [4.78, 5) is 20.9. The van der Waals surface area contributed by atoms with Gasteiger partial charge in [-0.2, -0.15) is 0 Å². The van der Waals surface area contributed by atoms with Gasteiger partial charge in [0.1, 0.15) is 12.0 Å². The summed E-state index contributed by atoms with van der Waals surface area (Å²) in [6, 6.07) is 11.6. The standard InChI is InChI=1S/C17H20N4O/c1-4-20(2)15-10-9-12(11-18-15)16-19-17(22)13-7-5-6-8-14(13)21(16)3/h5-11,16H,4H2,1-3H3,(H,19,22)/t16-/m1/s1. The van der Waals surface area contributed by atoms with Gasteiger partial charge in [0.25, 0.3) is 5.91 Å². The monoisotopic (exact) mass is 296 g/mol. The third kappa shape index (κ3) is 2.39. The van der Waals surface area contributed by atoms with Crippen LogP contribution in [0.5, 0.6) is 0 Å². The van der Waals surface area contributed by atoms with E-state index in [-0.39, 0.29) is 12.1 Å². The van der Waals surface area contributed by atoms with Crippen molar-refractivity contribution in [3.8, 4) is 0 Å². The van der Waals surface area contributed by atoms with Crippen LogP contribution in [0, 0.1) is 0 Å². The van der Waals surface area contributed by atoms with Crippen LogP contribution in [0.1, 0.15) is 29.0 Å². The van der Waals surface area contributed by atoms with E-state index in [9.17, 15) is 4.79 Å². The van der Waals surface area contributed by atoms with Gasteiger partial charge < -0.3 is 15.1 Å². The fraction of sp³-hybridized carbons (Fsp3) is 0.294. The summed E-state index contributed by atoms with van der Waals surface area (Å²) in [7, 11) is 3.99. The molecule has 1 aliphatic heterocycles. The minimum Gasteiger partial charge on any atom is -0.360 e. The lowest BCUT2D eigenvalue weighted by molar-refractivity contribution is 0.0928. The first-order valence-corrected chi connectivity index (χ1v) is 7.41. The highest BCUT2D eigenvalue weighted by atomic mass is 16.2. The number of aromatic nitrogens is 1. The van der Waals surface area contributed by atoms with Crippen LogP contribution in [0.3, 0.4) is 0 Å². The second-order valence-corrected chi connectivity index (χ2v) is 5.47. The van der Waals surface area contributed by atoms with E-state index >= 15 is 0 Å². The number of pyridine rings is 1. The molecule has 0 aliphatic carbocycles. The molecule has 0 bridgehead atoms. The average molecular weight is 296 g/mol. The van der Waals surface area contributed by atoms with Crippen molar-refractivity contribution in [3.05, 3.63) is 53.7 Å². The number of para-hydroxylation sites is 1. The molecule has 0 saturated carbocycles. The topological polar surface area (TPSA) is 48.5 Å². The van der Waals surface area contributed by atoms with Crippen LogP contribution >= 0.6 is 0 Å². The molecule has 3 rings (SSSR count). The van der Waals surface area contributed by atoms with Crippen molar-refractivity contribution in [2.45, 2.75) is 13.1 Å². The number of rotatable bonds is 3. The Hall–Kier alpha value is -2.56. The number of hydrogen-bond acceptors (Lipinski definition) is 4. The van der Waals surface area contributed by atoms with Gasteiger partial charge in [-0.15, -0.1) is 0 Å². The van der Waals surface area contributed by atoms with Crippen molar-refractivity contribution in [1.82, 2.24) is 10.3 Å². The Morgan fingerprint density at radius 3 is 2.73 bits per heavy atom. The molecule has 1 aromatic heterocycles. The molecule has 114 valence electrons. The fourth-order valence-corrected chi connectivity index (χ4v) is 2.67. The number of anilines is 2. The van der Waals surface area contributed by atoms with Gasteiger partial charge >= 0.3 is 0 Å². The number of carbonyl (C=O) groups is 1. The molecule has 22 heavy (non-hydrogen) atoms. The summed E-state index contributed by atoms with van der Waals surface area (Å²) in [5.74, 6) is 0.880. The normalized spacial score (nSPS) is 17.0. The second-order valence-electron chi connectivity index (χ2n) is 5.47. The van der Waals surface area contributed by atoms with Gasteiger partial charge in [-0.05, 0) is 31.2 Å². The molecular formula is C17H20N4O. The highest BCUT2D eigenvalue weighted by Crippen LogP contribution is 2.31. The first kappa shape index (κ1) is 14.4. The summed E-state index contributed by atoms with van der Waals surface area (Å²) in [6.07, 6.45) is 1.63. The Bertz CT molecular complexity index is 683. The largest absolute Gasteiger partial charge is 0.360 e. The number of amides is 1. The lowest BCUT2D eigenvalue weighted by Gasteiger charge is -2.36. The number of nitrogens with one attached hydrogen (secondary N) is 1. The SMILES string of the molecule is CCN(C)c1ccc([C@@H]2NC(=O)c3ccccc3N2C)cn1. The maximum atomic E-state index is 12.3. The Labute approximate surface area is 130 Å². The molecule has 0 radical (unpaired) electrons. The van der Waals surface area contributed by atoms with Crippen molar-refractivity contribution < 1.29 is 4.79 Å². The van der Waals surface area contributed by atoms with Gasteiger partial charge in [0.05, 0.1) is 11.3 Å². The van der Waals surface area contributed by atoms with Gasteiger partial charge in [0.15, 0.2) is 0 Å². The number of nitrogens with zero attached hydrogens (tertiary/aromatic N) is 3. The van der Waals surface area contributed by atoms with E-state index in [0.717, 1.165) is 23.6 Å². The summed E-state index contributed by atoms with van der Waals surface area (Å²) in [5.41, 5.74) is 2.61. The van der Waals surface area contributed by atoms with Crippen molar-refractivity contribution >= 4 is 17.4 Å². The first-order chi connectivity index (χ1) is 10.6. The maximum Gasteiger partial charge on any atom is 0.255 e. The lowest BCUT2D eigenvalue weighted by Crippen LogP contribution is -2.44. The molecule has 1 aromatic carbocycles. The number of benzene rings is 1. The van der Waals surface area contributed by atoms with E-state index in [0.29, 0.717) is 5.56 Å². The van der Waals surface area contributed by atoms with Gasteiger partial charge in [0, 0.05) is 32.4 Å². The molecule has 5 heteroatoms. The third-order valence-electron chi connectivity index (χ3n) is 4.14. The molecule has 0 unspecified atom stereocenters. The number of hydrogen-bond donors (Lipinski definition) is 1. The zero-order valence-electron chi connectivity index (χ0n) is 13.1. The van der Waals surface area contributed by atoms with Gasteiger partial charge in [0.2, 0.25) is 0 Å². The van der Waals surface area contributed by atoms with Crippen molar-refractivity contribution in [2.75, 3.05) is 30.4 Å². The third-order valence-corrected chi connectivity index (χ3v) is 4.14. The van der Waals surface area contributed by atoms with Crippen LogP contribution in [-0.2, 0) is 0 Å². The minimum absolute atomic E-state index is 0.0477. The predicted octanol–water partition coefficient (Wildman–Crippen LogP) is 2.42. The molecule has 2 aromatic rings. The molecular weight excluding hydrogens is 276 g/mol. The Balaban J connectivity index is 1.91. The van der Waals surface area contributed by atoms with E-state index in [1.807, 2.05) is 56.7 Å². The Morgan fingerprint density at radius 1 is 1.27 bits per heavy atom. The summed E-state index contributed by atoms with van der Waals surface area (Å²) >= 11 is 0. The van der Waals surface area contributed by atoms with Crippen molar-refractivity contribution in [1.29, 1.82) is 0 Å². The van der Waals surface area contributed by atoms with E-state index in [4.69, 9.17) is 0 Å². The molecule has 1 N–H and O–H groups in total. The molecule has 2 heterocycles. The fourth-order valence-electron chi connectivity index (χ4n) is 2.67. The van der Waals surface area contributed by atoms with Crippen molar-refractivity contribution in [3.63, 3.8) is 0 Å².